The third-order valence-corrected chi connectivity index (χ3v) is 1.18. The Kier molecular flexibility index (Phi) is 10.8. The molecular formula is C6H6NaO7-3. The Morgan fingerprint density at radius 3 is 2.00 bits per heavy atom. The summed E-state index contributed by atoms with van der Waals surface area (Å²) in [5.74, 6) is -3.81. The third-order valence-electron chi connectivity index (χ3n) is 1.18. The van der Waals surface area contributed by atoms with Crippen molar-refractivity contribution in [2.75, 3.05) is 0 Å². The SMILES string of the molecule is O=[C-]C[C@@](O)(CC(=O)[O-])C(=O)[O-].[Na+].[OH-]. The Balaban J connectivity index is -0.000000605. The van der Waals surface area contributed by atoms with Crippen LogP contribution in [0.25, 0.3) is 0 Å². The van der Waals surface area contributed by atoms with E-state index in [2.05, 4.69) is 0 Å². The zero-order chi connectivity index (χ0) is 9.78. The molecule has 0 rings (SSSR count). The Labute approximate surface area is 101 Å². The molecule has 8 heteroatoms. The van der Waals surface area contributed by atoms with Gasteiger partial charge in [0.15, 0.2) is 0 Å². The van der Waals surface area contributed by atoms with E-state index in [1.807, 2.05) is 0 Å². The summed E-state index contributed by atoms with van der Waals surface area (Å²) in [6.45, 7) is 0. The molecule has 0 saturated heterocycles. The van der Waals surface area contributed by atoms with Crippen molar-refractivity contribution in [3.8, 4) is 0 Å². The van der Waals surface area contributed by atoms with Gasteiger partial charge in [0.1, 0.15) is 0 Å². The van der Waals surface area contributed by atoms with Gasteiger partial charge in [0, 0.05) is 12.4 Å². The van der Waals surface area contributed by atoms with Gasteiger partial charge in [0.2, 0.25) is 0 Å². The van der Waals surface area contributed by atoms with Gasteiger partial charge < -0.3 is 35.2 Å². The van der Waals surface area contributed by atoms with Crippen molar-refractivity contribution in [2.45, 2.75) is 18.4 Å². The fraction of sp³-hybridized carbons (Fsp3) is 0.500. The number of carboxylic acid groups (broad SMARTS) is 2. The van der Waals surface area contributed by atoms with E-state index in [9.17, 15) is 24.6 Å². The second-order valence-corrected chi connectivity index (χ2v) is 2.19. The molecule has 0 aliphatic heterocycles. The maximum absolute atomic E-state index is 10.1. The van der Waals surface area contributed by atoms with E-state index < -0.39 is 30.4 Å². The first-order chi connectivity index (χ1) is 5.42. The van der Waals surface area contributed by atoms with Gasteiger partial charge in [-0.1, -0.05) is 0 Å². The number of hydrogen-bond donors (Lipinski definition) is 1. The van der Waals surface area contributed by atoms with E-state index in [4.69, 9.17) is 5.11 Å². The van der Waals surface area contributed by atoms with Crippen molar-refractivity contribution in [3.05, 3.63) is 0 Å². The minimum absolute atomic E-state index is 0. The van der Waals surface area contributed by atoms with Crippen molar-refractivity contribution in [1.29, 1.82) is 0 Å². The van der Waals surface area contributed by atoms with E-state index >= 15 is 0 Å². The first-order valence-corrected chi connectivity index (χ1v) is 2.91. The molecule has 0 saturated carbocycles. The first kappa shape index (κ1) is 19.2. The van der Waals surface area contributed by atoms with Gasteiger partial charge in [0.05, 0.1) is 11.6 Å². The molecule has 0 radical (unpaired) electrons. The van der Waals surface area contributed by atoms with E-state index in [1.54, 1.807) is 0 Å². The molecule has 0 unspecified atom stereocenters. The molecular weight excluding hydrogens is 207 g/mol. The Morgan fingerprint density at radius 2 is 1.79 bits per heavy atom. The van der Waals surface area contributed by atoms with Crippen LogP contribution in [-0.4, -0.2) is 34.4 Å². The predicted molar refractivity (Wildman–Crippen MR) is 31.8 cm³/mol. The molecule has 14 heavy (non-hydrogen) atoms. The molecule has 0 aliphatic carbocycles. The number of carbonyl (C=O) groups is 2. The molecule has 1 atom stereocenters. The summed E-state index contributed by atoms with van der Waals surface area (Å²) in [5, 5.41) is 28.9. The van der Waals surface area contributed by atoms with Gasteiger partial charge in [-0.15, -0.1) is 6.42 Å². The minimum atomic E-state index is -2.71. The smallest absolute Gasteiger partial charge is 0.870 e. The maximum atomic E-state index is 10.1. The summed E-state index contributed by atoms with van der Waals surface area (Å²) < 4.78 is 0. The van der Waals surface area contributed by atoms with Crippen LogP contribution < -0.4 is 39.8 Å². The normalized spacial score (nSPS) is 12.6. The predicted octanol–water partition coefficient (Wildman–Crippen LogP) is -7.07. The Morgan fingerprint density at radius 1 is 1.36 bits per heavy atom. The van der Waals surface area contributed by atoms with Crippen molar-refractivity contribution in [3.63, 3.8) is 0 Å². The number of aliphatic carboxylic acids is 2. The minimum Gasteiger partial charge on any atom is -0.870 e. The topological polar surface area (TPSA) is 148 Å². The third kappa shape index (κ3) is 6.06. The van der Waals surface area contributed by atoms with Gasteiger partial charge >= 0.3 is 29.6 Å². The summed E-state index contributed by atoms with van der Waals surface area (Å²) in [6, 6.07) is 0. The average Bonchev–Trinajstić information content (AvgIpc) is 1.85. The molecule has 0 aromatic rings. The summed E-state index contributed by atoms with van der Waals surface area (Å²) in [5.41, 5.74) is -2.71. The van der Waals surface area contributed by atoms with Gasteiger partial charge in [-0.2, -0.15) is 0 Å². The molecule has 76 valence electrons. The quantitative estimate of drug-likeness (QED) is 0.352. The van der Waals surface area contributed by atoms with Gasteiger partial charge in [-0.05, 0) is 0 Å². The second-order valence-electron chi connectivity index (χ2n) is 2.19. The van der Waals surface area contributed by atoms with Crippen molar-refractivity contribution >= 4 is 18.2 Å². The van der Waals surface area contributed by atoms with Gasteiger partial charge in [-0.3, -0.25) is 6.29 Å². The average molecular weight is 213 g/mol. The molecule has 0 heterocycles. The van der Waals surface area contributed by atoms with E-state index in [0.717, 1.165) is 6.29 Å². The van der Waals surface area contributed by atoms with Crippen LogP contribution in [0.1, 0.15) is 12.8 Å². The fourth-order valence-corrected chi connectivity index (χ4v) is 0.565. The van der Waals surface area contributed by atoms with Gasteiger partial charge in [-0.25, -0.2) is 0 Å². The summed E-state index contributed by atoms with van der Waals surface area (Å²) in [6.07, 6.45) is -1.06. The van der Waals surface area contributed by atoms with Crippen LogP contribution in [0, 0.1) is 0 Å². The van der Waals surface area contributed by atoms with Crippen LogP contribution in [0.4, 0.5) is 0 Å². The molecule has 0 fully saturated rings. The van der Waals surface area contributed by atoms with Crippen LogP contribution in [0.3, 0.4) is 0 Å². The van der Waals surface area contributed by atoms with Crippen molar-refractivity contribution in [1.82, 2.24) is 0 Å². The monoisotopic (exact) mass is 213 g/mol. The van der Waals surface area contributed by atoms with E-state index in [1.165, 1.54) is 0 Å². The largest absolute Gasteiger partial charge is 1.00 e. The fourth-order valence-electron chi connectivity index (χ4n) is 0.565. The van der Waals surface area contributed by atoms with Crippen LogP contribution in [0.2, 0.25) is 0 Å². The molecule has 0 aliphatic rings. The van der Waals surface area contributed by atoms with Crippen molar-refractivity contribution < 1.29 is 64.7 Å². The number of carbonyl (C=O) groups excluding carboxylic acids is 3. The van der Waals surface area contributed by atoms with Crippen LogP contribution >= 0.6 is 0 Å². The Hall–Kier alpha value is -0.470. The summed E-state index contributed by atoms with van der Waals surface area (Å²) in [4.78, 5) is 29.7. The number of rotatable bonds is 5. The van der Waals surface area contributed by atoms with E-state index in [0.29, 0.717) is 0 Å². The maximum Gasteiger partial charge on any atom is 1.00 e. The molecule has 2 N–H and O–H groups in total. The second kappa shape index (κ2) is 7.89. The summed E-state index contributed by atoms with van der Waals surface area (Å²) in [7, 11) is 0. The number of hydrogen-bond acceptors (Lipinski definition) is 7. The zero-order valence-corrected chi connectivity index (χ0v) is 9.35. The molecule has 0 aromatic heterocycles. The molecule has 0 bridgehead atoms. The molecule has 7 nitrogen and oxygen atoms in total. The van der Waals surface area contributed by atoms with Crippen LogP contribution in [0.15, 0.2) is 0 Å². The standard InChI is InChI=1S/C6H7O6.Na.H2O/c7-2-1-6(12,5(10)11)3-4(8)9;;/h12H,1,3H2,(H,8,9)(H,10,11);;1H2/q-1;+1;/p-3/t6-;;/m1../s1. The summed E-state index contributed by atoms with van der Waals surface area (Å²) >= 11 is 0. The number of carboxylic acids is 2. The molecule has 0 aromatic carbocycles. The Bertz CT molecular complexity index is 216. The molecule has 0 spiro atoms. The number of aliphatic hydroxyl groups is 1. The molecule has 0 amide bonds. The first-order valence-electron chi connectivity index (χ1n) is 2.91. The van der Waals surface area contributed by atoms with Crippen LogP contribution in [-0.2, 0) is 14.4 Å². The van der Waals surface area contributed by atoms with Gasteiger partial charge in [0.25, 0.3) is 0 Å². The van der Waals surface area contributed by atoms with E-state index in [-0.39, 0.29) is 35.0 Å². The van der Waals surface area contributed by atoms with Crippen molar-refractivity contribution in [2.24, 2.45) is 0 Å². The van der Waals surface area contributed by atoms with Crippen LogP contribution in [0.5, 0.6) is 0 Å². The zero-order valence-electron chi connectivity index (χ0n) is 7.35.